The average Bonchev–Trinajstić information content (AvgIpc) is 2.41. The minimum atomic E-state index is -0.378. The summed E-state index contributed by atoms with van der Waals surface area (Å²) in [5.41, 5.74) is 5.64. The average molecular weight is 296 g/mol. The van der Waals surface area contributed by atoms with Gasteiger partial charge in [0.05, 0.1) is 6.04 Å². The number of allylic oxidation sites excluding steroid dienone is 1. The second kappa shape index (κ2) is 10.4. The molecule has 1 rings (SSSR count). The van der Waals surface area contributed by atoms with Crippen LogP contribution in [0, 0.1) is 0 Å². The highest BCUT2D eigenvalue weighted by molar-refractivity contribution is 5.81. The molecule has 2 atom stereocenters. The predicted octanol–water partition coefficient (Wildman–Crippen LogP) is 2.69. The lowest BCUT2D eigenvalue weighted by Gasteiger charge is -2.16. The number of nitrogens with two attached hydrogens (primary N) is 1. The van der Waals surface area contributed by atoms with E-state index in [2.05, 4.69) is 11.4 Å². The van der Waals surface area contributed by atoms with Crippen molar-refractivity contribution in [2.45, 2.75) is 70.4 Å². The lowest BCUT2D eigenvalue weighted by Crippen LogP contribution is -2.30. The number of hydrogen-bond acceptors (Lipinski definition) is 4. The zero-order valence-electron chi connectivity index (χ0n) is 13.0. The van der Waals surface area contributed by atoms with Crippen LogP contribution in [0.15, 0.2) is 12.2 Å². The van der Waals surface area contributed by atoms with Crippen molar-refractivity contribution in [2.75, 3.05) is 6.54 Å². The third kappa shape index (κ3) is 8.50. The van der Waals surface area contributed by atoms with Gasteiger partial charge in [0.15, 0.2) is 0 Å². The van der Waals surface area contributed by atoms with Crippen molar-refractivity contribution in [1.82, 2.24) is 5.32 Å². The number of ether oxygens (including phenoxy) is 1. The Bertz CT molecular complexity index is 355. The van der Waals surface area contributed by atoms with Crippen LogP contribution in [0.4, 0.5) is 4.79 Å². The molecule has 5 heteroatoms. The quantitative estimate of drug-likeness (QED) is 0.559. The number of carbonyl (C=O) groups excluding carboxylic acids is 2. The predicted molar refractivity (Wildman–Crippen MR) is 83.0 cm³/mol. The number of unbranched alkanes of at least 4 members (excludes halogenated alkanes) is 1. The molecule has 0 radical (unpaired) electrons. The van der Waals surface area contributed by atoms with E-state index in [-0.39, 0.29) is 24.0 Å². The van der Waals surface area contributed by atoms with Gasteiger partial charge < -0.3 is 15.8 Å². The van der Waals surface area contributed by atoms with E-state index in [0.29, 0.717) is 13.0 Å². The Labute approximate surface area is 127 Å². The molecule has 0 aromatic heterocycles. The van der Waals surface area contributed by atoms with Gasteiger partial charge in [0.2, 0.25) is 0 Å². The lowest BCUT2D eigenvalue weighted by atomic mass is 10.0. The molecule has 0 saturated carbocycles. The molecule has 0 aliphatic heterocycles. The standard InChI is InChI=1S/C16H28N2O3/c1-13(19)15(17)11-7-8-12-18-16(20)21-14-9-5-3-2-4-6-10-14/h5,9,14-15H,2-4,6-8,10-12,17H2,1H3,(H,18,20)/b9-5+/t14?,15-/m1/s1. The van der Waals surface area contributed by atoms with E-state index in [9.17, 15) is 9.59 Å². The smallest absolute Gasteiger partial charge is 0.407 e. The highest BCUT2D eigenvalue weighted by Gasteiger charge is 2.12. The minimum absolute atomic E-state index is 0.0124. The fourth-order valence-corrected chi connectivity index (χ4v) is 2.29. The number of Topliss-reactive ketones (excluding diaryl/α,β-unsaturated/α-hetero) is 1. The molecule has 120 valence electrons. The van der Waals surface area contributed by atoms with E-state index in [0.717, 1.165) is 32.1 Å². The Hall–Kier alpha value is -1.36. The molecule has 0 heterocycles. The molecule has 1 amide bonds. The fraction of sp³-hybridized carbons (Fsp3) is 0.750. The summed E-state index contributed by atoms with van der Waals surface area (Å²) in [4.78, 5) is 22.6. The van der Waals surface area contributed by atoms with Crippen molar-refractivity contribution in [2.24, 2.45) is 5.73 Å². The summed E-state index contributed by atoms with van der Waals surface area (Å²) in [6, 6.07) is -0.378. The van der Waals surface area contributed by atoms with Gasteiger partial charge in [-0.3, -0.25) is 4.79 Å². The molecule has 3 N–H and O–H groups in total. The Kier molecular flexibility index (Phi) is 8.74. The van der Waals surface area contributed by atoms with Crippen molar-refractivity contribution < 1.29 is 14.3 Å². The lowest BCUT2D eigenvalue weighted by molar-refractivity contribution is -0.118. The Morgan fingerprint density at radius 1 is 1.33 bits per heavy atom. The maximum atomic E-state index is 11.7. The monoisotopic (exact) mass is 296 g/mol. The SMILES string of the molecule is CC(=O)[C@H](N)CCCCNC(=O)OC1/C=C/CCCCC1. The number of ketones is 1. The largest absolute Gasteiger partial charge is 0.442 e. The summed E-state index contributed by atoms with van der Waals surface area (Å²) < 4.78 is 5.38. The van der Waals surface area contributed by atoms with E-state index in [1.54, 1.807) is 0 Å². The minimum Gasteiger partial charge on any atom is -0.442 e. The molecular formula is C16H28N2O3. The number of hydrogen-bond donors (Lipinski definition) is 2. The van der Waals surface area contributed by atoms with E-state index < -0.39 is 0 Å². The van der Waals surface area contributed by atoms with Gasteiger partial charge in [0.1, 0.15) is 11.9 Å². The first-order chi connectivity index (χ1) is 10.1. The maximum absolute atomic E-state index is 11.7. The zero-order chi connectivity index (χ0) is 15.5. The molecule has 0 spiro atoms. The van der Waals surface area contributed by atoms with E-state index in [4.69, 9.17) is 10.5 Å². The first-order valence-corrected chi connectivity index (χ1v) is 7.97. The van der Waals surface area contributed by atoms with Crippen LogP contribution >= 0.6 is 0 Å². The van der Waals surface area contributed by atoms with E-state index in [1.165, 1.54) is 19.8 Å². The van der Waals surface area contributed by atoms with Crippen LogP contribution in [0.25, 0.3) is 0 Å². The van der Waals surface area contributed by atoms with Crippen LogP contribution in [0.2, 0.25) is 0 Å². The van der Waals surface area contributed by atoms with E-state index >= 15 is 0 Å². The molecule has 1 aliphatic rings. The zero-order valence-corrected chi connectivity index (χ0v) is 13.0. The van der Waals surface area contributed by atoms with Gasteiger partial charge in [-0.1, -0.05) is 12.5 Å². The normalized spacial score (nSPS) is 21.7. The molecule has 0 aromatic carbocycles. The number of alkyl carbamates (subject to hydrolysis) is 1. The fourth-order valence-electron chi connectivity index (χ4n) is 2.29. The van der Waals surface area contributed by atoms with Gasteiger partial charge in [0.25, 0.3) is 0 Å². The summed E-state index contributed by atoms with van der Waals surface area (Å²) in [6.07, 6.45) is 11.4. The van der Waals surface area contributed by atoms with Crippen LogP contribution < -0.4 is 11.1 Å². The number of rotatable bonds is 7. The van der Waals surface area contributed by atoms with Crippen LogP contribution in [0.1, 0.15) is 58.3 Å². The van der Waals surface area contributed by atoms with Gasteiger partial charge in [0, 0.05) is 6.54 Å². The molecule has 0 fully saturated rings. The number of nitrogens with one attached hydrogen (secondary N) is 1. The molecule has 21 heavy (non-hydrogen) atoms. The topological polar surface area (TPSA) is 81.4 Å². The van der Waals surface area contributed by atoms with Gasteiger partial charge in [-0.05, 0) is 57.9 Å². The van der Waals surface area contributed by atoms with Crippen molar-refractivity contribution in [3.05, 3.63) is 12.2 Å². The van der Waals surface area contributed by atoms with Crippen LogP contribution in [0.3, 0.4) is 0 Å². The second-order valence-corrected chi connectivity index (χ2v) is 5.65. The molecular weight excluding hydrogens is 268 g/mol. The number of amides is 1. The van der Waals surface area contributed by atoms with Crippen LogP contribution in [-0.4, -0.2) is 30.6 Å². The summed E-state index contributed by atoms with van der Waals surface area (Å²) in [5, 5.41) is 2.75. The first kappa shape index (κ1) is 17.7. The summed E-state index contributed by atoms with van der Waals surface area (Å²) >= 11 is 0. The van der Waals surface area contributed by atoms with Crippen molar-refractivity contribution in [1.29, 1.82) is 0 Å². The molecule has 1 aliphatic carbocycles. The highest BCUT2D eigenvalue weighted by Crippen LogP contribution is 2.14. The van der Waals surface area contributed by atoms with Gasteiger partial charge in [-0.25, -0.2) is 4.79 Å². The second-order valence-electron chi connectivity index (χ2n) is 5.65. The van der Waals surface area contributed by atoms with E-state index in [1.807, 2.05) is 6.08 Å². The summed E-state index contributed by atoms with van der Waals surface area (Å²) in [7, 11) is 0. The maximum Gasteiger partial charge on any atom is 0.407 e. The molecule has 0 bridgehead atoms. The van der Waals surface area contributed by atoms with Crippen molar-refractivity contribution in [3.8, 4) is 0 Å². The Morgan fingerprint density at radius 3 is 2.90 bits per heavy atom. The van der Waals surface area contributed by atoms with Gasteiger partial charge in [-0.15, -0.1) is 0 Å². The molecule has 5 nitrogen and oxygen atoms in total. The molecule has 1 unspecified atom stereocenters. The summed E-state index contributed by atoms with van der Waals surface area (Å²) in [5.74, 6) is 0.0124. The Morgan fingerprint density at radius 2 is 2.14 bits per heavy atom. The van der Waals surface area contributed by atoms with Crippen LogP contribution in [-0.2, 0) is 9.53 Å². The summed E-state index contributed by atoms with van der Waals surface area (Å²) in [6.45, 7) is 2.06. The van der Waals surface area contributed by atoms with Gasteiger partial charge >= 0.3 is 6.09 Å². The highest BCUT2D eigenvalue weighted by atomic mass is 16.6. The first-order valence-electron chi connectivity index (χ1n) is 7.97. The van der Waals surface area contributed by atoms with Crippen molar-refractivity contribution >= 4 is 11.9 Å². The van der Waals surface area contributed by atoms with Crippen LogP contribution in [0.5, 0.6) is 0 Å². The third-order valence-corrected chi connectivity index (χ3v) is 3.70. The Balaban J connectivity index is 2.10. The van der Waals surface area contributed by atoms with Gasteiger partial charge in [-0.2, -0.15) is 0 Å². The molecule has 0 aromatic rings. The van der Waals surface area contributed by atoms with Crippen molar-refractivity contribution in [3.63, 3.8) is 0 Å². The number of carbonyl (C=O) groups is 2. The molecule has 0 saturated heterocycles. The third-order valence-electron chi connectivity index (χ3n) is 3.70.